The molecule has 2 amide bonds. The van der Waals surface area contributed by atoms with Crippen LogP contribution in [0.1, 0.15) is 30.6 Å². The number of carbonyl (C=O) groups excluding carboxylic acids is 2. The van der Waals surface area contributed by atoms with Crippen molar-refractivity contribution in [3.05, 3.63) is 17.7 Å². The third-order valence-corrected chi connectivity index (χ3v) is 4.86. The highest BCUT2D eigenvalue weighted by atomic mass is 35.5. The summed E-state index contributed by atoms with van der Waals surface area (Å²) in [5, 5.41) is 0. The lowest BCUT2D eigenvalue weighted by Gasteiger charge is -2.36. The highest BCUT2D eigenvalue weighted by molar-refractivity contribution is 5.98. The Bertz CT molecular complexity index is 706. The summed E-state index contributed by atoms with van der Waals surface area (Å²) in [5.41, 5.74) is 6.42. The molecule has 0 spiro atoms. The van der Waals surface area contributed by atoms with Crippen molar-refractivity contribution >= 4 is 24.2 Å². The molecule has 1 aromatic carbocycles. The lowest BCUT2D eigenvalue weighted by atomic mass is 10.0. The van der Waals surface area contributed by atoms with E-state index in [0.717, 1.165) is 0 Å². The van der Waals surface area contributed by atoms with Gasteiger partial charge in [0.2, 0.25) is 11.7 Å². The van der Waals surface area contributed by atoms with Crippen LogP contribution in [0, 0.1) is 5.92 Å². The fourth-order valence-electron chi connectivity index (χ4n) is 3.41. The van der Waals surface area contributed by atoms with Gasteiger partial charge < -0.3 is 29.7 Å². The lowest BCUT2D eigenvalue weighted by molar-refractivity contribution is -0.134. The number of benzene rings is 1. The van der Waals surface area contributed by atoms with Gasteiger partial charge in [0.05, 0.1) is 32.9 Å². The summed E-state index contributed by atoms with van der Waals surface area (Å²) >= 11 is 0. The van der Waals surface area contributed by atoms with E-state index in [1.807, 2.05) is 13.8 Å². The van der Waals surface area contributed by atoms with Crippen LogP contribution in [0.4, 0.5) is 0 Å². The van der Waals surface area contributed by atoms with E-state index in [2.05, 4.69) is 0 Å². The Labute approximate surface area is 178 Å². The maximum absolute atomic E-state index is 13.0. The number of amides is 2. The zero-order valence-corrected chi connectivity index (χ0v) is 18.6. The van der Waals surface area contributed by atoms with Crippen LogP contribution in [0.15, 0.2) is 12.1 Å². The fraction of sp³-hybridized carbons (Fsp3) is 0.600. The number of rotatable bonds is 7. The molecule has 0 radical (unpaired) electrons. The Balaban J connectivity index is 0.00000420. The summed E-state index contributed by atoms with van der Waals surface area (Å²) in [7, 11) is 4.51. The number of nitrogens with two attached hydrogens (primary N) is 1. The van der Waals surface area contributed by atoms with Crippen LogP contribution < -0.4 is 19.9 Å². The first-order valence-electron chi connectivity index (χ1n) is 9.46. The van der Waals surface area contributed by atoms with Gasteiger partial charge in [0.1, 0.15) is 0 Å². The van der Waals surface area contributed by atoms with Gasteiger partial charge in [0.25, 0.3) is 5.91 Å². The van der Waals surface area contributed by atoms with Crippen LogP contribution in [-0.4, -0.2) is 75.2 Å². The van der Waals surface area contributed by atoms with Gasteiger partial charge in [0.15, 0.2) is 11.5 Å². The average Bonchev–Trinajstić information content (AvgIpc) is 2.70. The minimum absolute atomic E-state index is 0. The minimum atomic E-state index is -0.492. The first-order valence-corrected chi connectivity index (χ1v) is 9.46. The summed E-state index contributed by atoms with van der Waals surface area (Å²) < 4.78 is 16.0. The van der Waals surface area contributed by atoms with Gasteiger partial charge in [-0.2, -0.15) is 0 Å². The molecule has 9 heteroatoms. The molecular weight excluding hydrogens is 398 g/mol. The van der Waals surface area contributed by atoms with Gasteiger partial charge in [-0.3, -0.25) is 9.59 Å². The predicted molar refractivity (Wildman–Crippen MR) is 113 cm³/mol. The molecule has 2 rings (SSSR count). The van der Waals surface area contributed by atoms with E-state index in [9.17, 15) is 9.59 Å². The molecule has 1 fully saturated rings. The second-order valence-corrected chi connectivity index (χ2v) is 7.24. The molecule has 2 N–H and O–H groups in total. The topological polar surface area (TPSA) is 94.3 Å². The van der Waals surface area contributed by atoms with Crippen LogP contribution in [0.25, 0.3) is 0 Å². The van der Waals surface area contributed by atoms with E-state index in [0.29, 0.717) is 61.3 Å². The molecule has 1 aliphatic rings. The van der Waals surface area contributed by atoms with Crippen molar-refractivity contribution in [1.29, 1.82) is 0 Å². The quantitative estimate of drug-likeness (QED) is 0.710. The first kappa shape index (κ1) is 24.8. The van der Waals surface area contributed by atoms with Gasteiger partial charge in [-0.25, -0.2) is 0 Å². The largest absolute Gasteiger partial charge is 0.493 e. The molecule has 0 saturated carbocycles. The van der Waals surface area contributed by atoms with Crippen molar-refractivity contribution in [2.45, 2.75) is 26.3 Å². The molecule has 1 saturated heterocycles. The van der Waals surface area contributed by atoms with Crippen molar-refractivity contribution in [1.82, 2.24) is 9.80 Å². The van der Waals surface area contributed by atoms with Crippen molar-refractivity contribution in [2.75, 3.05) is 47.5 Å². The number of methoxy groups -OCH3 is 3. The van der Waals surface area contributed by atoms with Crippen LogP contribution in [0.2, 0.25) is 0 Å². The number of carbonyl (C=O) groups is 2. The number of halogens is 1. The molecule has 0 aromatic heterocycles. The van der Waals surface area contributed by atoms with E-state index >= 15 is 0 Å². The van der Waals surface area contributed by atoms with E-state index in [4.69, 9.17) is 19.9 Å². The Kier molecular flexibility index (Phi) is 9.52. The zero-order chi connectivity index (χ0) is 20.8. The third kappa shape index (κ3) is 5.67. The average molecular weight is 430 g/mol. The van der Waals surface area contributed by atoms with E-state index in [1.54, 1.807) is 21.9 Å². The van der Waals surface area contributed by atoms with Crippen LogP contribution >= 0.6 is 12.4 Å². The first-order chi connectivity index (χ1) is 13.3. The molecule has 1 heterocycles. The molecule has 0 bridgehead atoms. The zero-order valence-electron chi connectivity index (χ0n) is 17.8. The van der Waals surface area contributed by atoms with Gasteiger partial charge in [-0.15, -0.1) is 12.4 Å². The molecular formula is C20H32ClN3O5. The Morgan fingerprint density at radius 3 is 2.00 bits per heavy atom. The fourth-order valence-corrected chi connectivity index (χ4v) is 3.41. The Hall–Kier alpha value is -2.19. The number of piperazine rings is 1. The van der Waals surface area contributed by atoms with Gasteiger partial charge >= 0.3 is 0 Å². The summed E-state index contributed by atoms with van der Waals surface area (Å²) in [4.78, 5) is 29.0. The number of nitrogens with zero attached hydrogens (tertiary/aromatic N) is 2. The van der Waals surface area contributed by atoms with E-state index in [-0.39, 0.29) is 24.2 Å². The highest BCUT2D eigenvalue weighted by Gasteiger charge is 2.30. The molecule has 1 atom stereocenters. The SMILES string of the molecule is COc1ccc(C(=O)N2CCN(C(=O)[C@@H](N)CC(C)C)CC2)c(OC)c1OC.Cl. The lowest BCUT2D eigenvalue weighted by Crippen LogP contribution is -2.54. The second kappa shape index (κ2) is 11.1. The molecule has 0 aliphatic carbocycles. The molecule has 8 nitrogen and oxygen atoms in total. The number of hydrogen-bond donors (Lipinski definition) is 1. The van der Waals surface area contributed by atoms with Gasteiger partial charge in [-0.1, -0.05) is 13.8 Å². The van der Waals surface area contributed by atoms with Crippen molar-refractivity contribution < 1.29 is 23.8 Å². The minimum Gasteiger partial charge on any atom is -0.493 e. The van der Waals surface area contributed by atoms with E-state index in [1.165, 1.54) is 21.3 Å². The van der Waals surface area contributed by atoms with Crippen LogP contribution in [0.3, 0.4) is 0 Å². The molecule has 0 unspecified atom stereocenters. The predicted octanol–water partition coefficient (Wildman–Crippen LogP) is 1.79. The molecule has 164 valence electrons. The van der Waals surface area contributed by atoms with Crippen molar-refractivity contribution in [3.8, 4) is 17.2 Å². The molecule has 1 aromatic rings. The standard InChI is InChI=1S/C20H31N3O5.ClH/c1-13(2)12-15(21)20(25)23-10-8-22(9-11-23)19(24)14-6-7-16(26-3)18(28-5)17(14)27-4;/h6-7,13,15H,8-12,21H2,1-5H3;1H/t15-;/m0./s1. The summed E-state index contributed by atoms with van der Waals surface area (Å²) in [6, 6.07) is 2.85. The van der Waals surface area contributed by atoms with Crippen molar-refractivity contribution in [3.63, 3.8) is 0 Å². The second-order valence-electron chi connectivity index (χ2n) is 7.24. The highest BCUT2D eigenvalue weighted by Crippen LogP contribution is 2.40. The summed E-state index contributed by atoms with van der Waals surface area (Å²) in [6.07, 6.45) is 0.654. The smallest absolute Gasteiger partial charge is 0.257 e. The number of hydrogen-bond acceptors (Lipinski definition) is 6. The van der Waals surface area contributed by atoms with Crippen LogP contribution in [0.5, 0.6) is 17.2 Å². The number of ether oxygens (including phenoxy) is 3. The maximum atomic E-state index is 13.0. The molecule has 29 heavy (non-hydrogen) atoms. The monoisotopic (exact) mass is 429 g/mol. The normalized spacial score (nSPS) is 14.9. The third-order valence-electron chi connectivity index (χ3n) is 4.86. The molecule has 1 aliphatic heterocycles. The summed E-state index contributed by atoms with van der Waals surface area (Å²) in [5.74, 6) is 1.35. The van der Waals surface area contributed by atoms with Crippen molar-refractivity contribution in [2.24, 2.45) is 11.7 Å². The van der Waals surface area contributed by atoms with Crippen LogP contribution in [-0.2, 0) is 4.79 Å². The Morgan fingerprint density at radius 1 is 0.966 bits per heavy atom. The maximum Gasteiger partial charge on any atom is 0.257 e. The van der Waals surface area contributed by atoms with E-state index < -0.39 is 6.04 Å². The van der Waals surface area contributed by atoms with Gasteiger partial charge in [0, 0.05) is 26.2 Å². The van der Waals surface area contributed by atoms with Gasteiger partial charge in [-0.05, 0) is 24.5 Å². The summed E-state index contributed by atoms with van der Waals surface area (Å²) in [6.45, 7) is 5.89. The Morgan fingerprint density at radius 2 is 1.52 bits per heavy atom.